The standard InChI is InChI=1S/C23H33N3O9/c1-22(2,3)35-21(32)24-16-7-9-33-8-5-4-6-14-11-23(14,20(30)31)25-18(28)17-10-15(34-13-27)12-26(17)19(16)29/h4,6,13-17H,5,7-12H2,1-3H3,(H,24,32)(H,25,28)(H,30,31)/b6-4-/t14-,15-,16+,17+,23-/m1/s1. The maximum Gasteiger partial charge on any atom is 0.408 e. The highest BCUT2D eigenvalue weighted by Crippen LogP contribution is 2.45. The Morgan fingerprint density at radius 2 is 2.06 bits per heavy atom. The molecule has 2 aliphatic heterocycles. The first-order chi connectivity index (χ1) is 16.5. The Labute approximate surface area is 203 Å². The van der Waals surface area contributed by atoms with Gasteiger partial charge < -0.3 is 34.9 Å². The number of ether oxygens (including phenoxy) is 3. The van der Waals surface area contributed by atoms with Crippen LogP contribution in [0.5, 0.6) is 0 Å². The summed E-state index contributed by atoms with van der Waals surface area (Å²) in [4.78, 5) is 63.3. The number of rotatable bonds is 4. The van der Waals surface area contributed by atoms with Gasteiger partial charge in [0.2, 0.25) is 11.8 Å². The van der Waals surface area contributed by atoms with Crippen LogP contribution >= 0.6 is 0 Å². The van der Waals surface area contributed by atoms with Crippen LogP contribution in [0.2, 0.25) is 0 Å². The number of alkyl carbamates (subject to hydrolysis) is 1. The largest absolute Gasteiger partial charge is 0.479 e. The van der Waals surface area contributed by atoms with Gasteiger partial charge in [0, 0.05) is 25.4 Å². The summed E-state index contributed by atoms with van der Waals surface area (Å²) in [6.07, 6.45) is 2.87. The number of nitrogens with one attached hydrogen (secondary N) is 2. The Morgan fingerprint density at radius 1 is 1.31 bits per heavy atom. The molecule has 3 amide bonds. The molecule has 3 aliphatic rings. The lowest BCUT2D eigenvalue weighted by molar-refractivity contribution is -0.145. The zero-order chi connectivity index (χ0) is 25.8. The van der Waals surface area contributed by atoms with Crippen LogP contribution in [0.25, 0.3) is 0 Å². The van der Waals surface area contributed by atoms with Gasteiger partial charge in [0.05, 0.1) is 13.2 Å². The molecule has 0 aromatic carbocycles. The molecule has 0 aromatic heterocycles. The molecule has 1 saturated heterocycles. The zero-order valence-corrected chi connectivity index (χ0v) is 20.2. The van der Waals surface area contributed by atoms with Gasteiger partial charge in [-0.05, 0) is 33.6 Å². The molecule has 2 heterocycles. The molecule has 0 radical (unpaired) electrons. The zero-order valence-electron chi connectivity index (χ0n) is 20.2. The van der Waals surface area contributed by atoms with Gasteiger partial charge >= 0.3 is 12.1 Å². The predicted molar refractivity (Wildman–Crippen MR) is 120 cm³/mol. The van der Waals surface area contributed by atoms with E-state index in [-0.39, 0.29) is 44.8 Å². The van der Waals surface area contributed by atoms with Gasteiger partial charge in [-0.1, -0.05) is 12.2 Å². The Hall–Kier alpha value is -3.15. The third kappa shape index (κ3) is 6.50. The molecule has 1 aliphatic carbocycles. The van der Waals surface area contributed by atoms with Crippen LogP contribution in [0.3, 0.4) is 0 Å². The van der Waals surface area contributed by atoms with Gasteiger partial charge in [-0.15, -0.1) is 0 Å². The Balaban J connectivity index is 1.87. The first kappa shape index (κ1) is 26.5. The number of nitrogens with zero attached hydrogens (tertiary/aromatic N) is 1. The summed E-state index contributed by atoms with van der Waals surface area (Å²) < 4.78 is 15.9. The highest BCUT2D eigenvalue weighted by molar-refractivity contribution is 5.96. The van der Waals surface area contributed by atoms with Crippen molar-refractivity contribution in [2.45, 2.75) is 75.8 Å². The quantitative estimate of drug-likeness (QED) is 0.369. The number of amides is 3. The van der Waals surface area contributed by atoms with Gasteiger partial charge in [0.1, 0.15) is 29.3 Å². The maximum atomic E-state index is 13.5. The van der Waals surface area contributed by atoms with Crippen LogP contribution in [0.4, 0.5) is 4.79 Å². The lowest BCUT2D eigenvalue weighted by atomic mass is 10.1. The topological polar surface area (TPSA) is 161 Å². The molecule has 5 atom stereocenters. The minimum absolute atomic E-state index is 0.00216. The van der Waals surface area contributed by atoms with E-state index in [1.54, 1.807) is 32.9 Å². The Bertz CT molecular complexity index is 884. The minimum Gasteiger partial charge on any atom is -0.479 e. The van der Waals surface area contributed by atoms with E-state index in [0.29, 0.717) is 13.0 Å². The lowest BCUT2D eigenvalue weighted by Crippen LogP contribution is -2.56. The number of hydrogen-bond acceptors (Lipinski definition) is 8. The molecule has 12 heteroatoms. The molecular weight excluding hydrogens is 462 g/mol. The summed E-state index contributed by atoms with van der Waals surface area (Å²) in [5, 5.41) is 14.9. The SMILES string of the molecule is CC(C)(C)OC(=O)N[C@H]1CCOCC/C=C\[C@@H]2C[C@@]2(C(=O)O)NC(=O)[C@@H]2C[C@@H](OC=O)CN2C1=O. The van der Waals surface area contributed by atoms with E-state index in [2.05, 4.69) is 10.6 Å². The van der Waals surface area contributed by atoms with E-state index in [4.69, 9.17) is 14.2 Å². The number of carboxylic acids is 1. The summed E-state index contributed by atoms with van der Waals surface area (Å²) in [6.45, 7) is 5.72. The van der Waals surface area contributed by atoms with Crippen molar-refractivity contribution >= 4 is 30.3 Å². The number of fused-ring (bicyclic) bond motifs is 2. The first-order valence-corrected chi connectivity index (χ1v) is 11.7. The lowest BCUT2D eigenvalue weighted by Gasteiger charge is -2.30. The summed E-state index contributed by atoms with van der Waals surface area (Å²) in [7, 11) is 0. The van der Waals surface area contributed by atoms with E-state index in [0.717, 1.165) is 0 Å². The maximum absolute atomic E-state index is 13.5. The van der Waals surface area contributed by atoms with Crippen molar-refractivity contribution in [2.24, 2.45) is 5.92 Å². The molecule has 3 rings (SSSR count). The monoisotopic (exact) mass is 495 g/mol. The second-order valence-electron chi connectivity index (χ2n) is 9.99. The highest BCUT2D eigenvalue weighted by Gasteiger charge is 2.61. The molecular formula is C23H33N3O9. The fourth-order valence-electron chi connectivity index (χ4n) is 4.36. The molecule has 0 aromatic rings. The van der Waals surface area contributed by atoms with Crippen molar-refractivity contribution in [1.82, 2.24) is 15.5 Å². The van der Waals surface area contributed by atoms with E-state index >= 15 is 0 Å². The second-order valence-corrected chi connectivity index (χ2v) is 9.99. The van der Waals surface area contributed by atoms with Crippen LogP contribution in [0.15, 0.2) is 12.2 Å². The van der Waals surface area contributed by atoms with Crippen LogP contribution in [-0.2, 0) is 33.4 Å². The second kappa shape index (κ2) is 10.6. The van der Waals surface area contributed by atoms with E-state index < -0.39 is 53.2 Å². The van der Waals surface area contributed by atoms with E-state index in [9.17, 15) is 29.1 Å². The molecule has 0 unspecified atom stereocenters. The Morgan fingerprint density at radius 3 is 2.71 bits per heavy atom. The van der Waals surface area contributed by atoms with Crippen LogP contribution in [0.1, 0.15) is 46.5 Å². The first-order valence-electron chi connectivity index (χ1n) is 11.7. The summed E-state index contributed by atoms with van der Waals surface area (Å²) in [5.41, 5.74) is -2.25. The summed E-state index contributed by atoms with van der Waals surface area (Å²) in [5.74, 6) is -2.79. The summed E-state index contributed by atoms with van der Waals surface area (Å²) in [6, 6.07) is -2.15. The smallest absolute Gasteiger partial charge is 0.408 e. The number of carboxylic acid groups (broad SMARTS) is 1. The fourth-order valence-corrected chi connectivity index (χ4v) is 4.36. The van der Waals surface area contributed by atoms with E-state index in [1.165, 1.54) is 4.90 Å². The number of carbonyl (C=O) groups is 5. The van der Waals surface area contributed by atoms with Crippen LogP contribution < -0.4 is 10.6 Å². The molecule has 3 N–H and O–H groups in total. The van der Waals surface area contributed by atoms with Gasteiger partial charge in [-0.2, -0.15) is 0 Å². The van der Waals surface area contributed by atoms with Gasteiger partial charge in [0.25, 0.3) is 6.47 Å². The predicted octanol–water partition coefficient (Wildman–Crippen LogP) is 0.348. The molecule has 12 nitrogen and oxygen atoms in total. The number of hydrogen-bond donors (Lipinski definition) is 3. The average Bonchev–Trinajstić information content (AvgIpc) is 3.28. The fraction of sp³-hybridized carbons (Fsp3) is 0.696. The number of carbonyl (C=O) groups excluding carboxylic acids is 4. The van der Waals surface area contributed by atoms with Crippen LogP contribution in [-0.4, -0.2) is 89.4 Å². The molecule has 35 heavy (non-hydrogen) atoms. The van der Waals surface area contributed by atoms with Gasteiger partial charge in [-0.3, -0.25) is 14.4 Å². The highest BCUT2D eigenvalue weighted by atomic mass is 16.6. The van der Waals surface area contributed by atoms with Crippen molar-refractivity contribution in [3.63, 3.8) is 0 Å². The van der Waals surface area contributed by atoms with Crippen molar-refractivity contribution in [3.8, 4) is 0 Å². The summed E-state index contributed by atoms with van der Waals surface area (Å²) >= 11 is 0. The van der Waals surface area contributed by atoms with Crippen LogP contribution in [0, 0.1) is 5.92 Å². The number of aliphatic carboxylic acids is 1. The minimum atomic E-state index is -1.46. The van der Waals surface area contributed by atoms with Gasteiger partial charge in [0.15, 0.2) is 0 Å². The third-order valence-corrected chi connectivity index (χ3v) is 6.18. The molecule has 0 spiro atoms. The van der Waals surface area contributed by atoms with Gasteiger partial charge in [-0.25, -0.2) is 9.59 Å². The van der Waals surface area contributed by atoms with Crippen molar-refractivity contribution in [1.29, 1.82) is 0 Å². The van der Waals surface area contributed by atoms with Crippen molar-refractivity contribution < 1.29 is 43.3 Å². The normalized spacial score (nSPS) is 32.6. The third-order valence-electron chi connectivity index (χ3n) is 6.18. The van der Waals surface area contributed by atoms with Crippen molar-refractivity contribution in [3.05, 3.63) is 12.2 Å². The van der Waals surface area contributed by atoms with Crippen molar-refractivity contribution in [2.75, 3.05) is 19.8 Å². The molecule has 0 bridgehead atoms. The molecule has 1 saturated carbocycles. The Kier molecular flexibility index (Phi) is 8.04. The molecule has 2 fully saturated rings. The molecule has 194 valence electrons. The van der Waals surface area contributed by atoms with E-state index in [1.807, 2.05) is 0 Å². The average molecular weight is 496 g/mol.